The summed E-state index contributed by atoms with van der Waals surface area (Å²) in [7, 11) is 0. The third-order valence-corrected chi connectivity index (χ3v) is 6.14. The van der Waals surface area contributed by atoms with Crippen molar-refractivity contribution < 1.29 is 19.1 Å². The second kappa shape index (κ2) is 12.6. The molecule has 8 nitrogen and oxygen atoms in total. The van der Waals surface area contributed by atoms with Crippen molar-refractivity contribution >= 4 is 23.2 Å². The molecule has 0 aliphatic carbocycles. The van der Waals surface area contributed by atoms with Crippen LogP contribution in [0.2, 0.25) is 0 Å². The van der Waals surface area contributed by atoms with Crippen LogP contribution >= 0.6 is 0 Å². The van der Waals surface area contributed by atoms with Crippen LogP contribution in [0.25, 0.3) is 10.9 Å². The molecule has 0 spiro atoms. The average Bonchev–Trinajstić information content (AvgIpc) is 3.62. The number of carbonyl (C=O) groups excluding carboxylic acids is 2. The lowest BCUT2D eigenvalue weighted by Gasteiger charge is -2.21. The monoisotopic (exact) mass is 513 g/mol. The van der Waals surface area contributed by atoms with Gasteiger partial charge in [-0.3, -0.25) is 14.4 Å². The number of aromatic amines is 1. The molecule has 2 aliphatic rings. The summed E-state index contributed by atoms with van der Waals surface area (Å²) in [6.07, 6.45) is 0.688. The number of ether oxygens (including phenoxy) is 2. The maximum absolute atomic E-state index is 12.7. The van der Waals surface area contributed by atoms with E-state index in [1.807, 2.05) is 86.6 Å². The molecule has 0 radical (unpaired) electrons. The van der Waals surface area contributed by atoms with Crippen molar-refractivity contribution in [2.45, 2.75) is 33.5 Å². The normalized spacial score (nSPS) is 12.5. The van der Waals surface area contributed by atoms with Gasteiger partial charge in [0, 0.05) is 28.7 Å². The number of carbonyl (C=O) groups is 2. The summed E-state index contributed by atoms with van der Waals surface area (Å²) in [5.41, 5.74) is 3.10. The van der Waals surface area contributed by atoms with Crippen molar-refractivity contribution in [2.24, 2.45) is 0 Å². The third-order valence-electron chi connectivity index (χ3n) is 6.14. The number of para-hydroxylation sites is 3. The number of benzene rings is 3. The van der Waals surface area contributed by atoms with E-state index < -0.39 is 0 Å². The molecule has 1 N–H and O–H groups in total. The lowest BCUT2D eigenvalue weighted by molar-refractivity contribution is -0.136. The number of hydrogen-bond acceptors (Lipinski definition) is 5. The van der Waals surface area contributed by atoms with Gasteiger partial charge in [-0.25, -0.2) is 0 Å². The van der Waals surface area contributed by atoms with Crippen molar-refractivity contribution in [1.82, 2.24) is 14.8 Å². The average molecular weight is 514 g/mol. The zero-order valence-electron chi connectivity index (χ0n) is 21.6. The quantitative estimate of drug-likeness (QED) is 0.398. The van der Waals surface area contributed by atoms with Crippen molar-refractivity contribution in [3.05, 3.63) is 106 Å². The topological polar surface area (TPSA) is 91.9 Å². The molecule has 38 heavy (non-hydrogen) atoms. The SMILES string of the molecule is CC.O=CN(CC(=O)N1Cc2[nH]c3ccccc3c(=O)c2C1)Cc1ccccc1.c1ccc2c(c1)OCO2. The molecule has 0 atom stereocenters. The lowest BCUT2D eigenvalue weighted by atomic mass is 10.1. The predicted molar refractivity (Wildman–Crippen MR) is 146 cm³/mol. The number of aromatic nitrogens is 1. The number of hydrogen-bond donors (Lipinski definition) is 1. The fourth-order valence-corrected chi connectivity index (χ4v) is 4.31. The van der Waals surface area contributed by atoms with Crippen LogP contribution in [-0.2, 0) is 29.2 Å². The summed E-state index contributed by atoms with van der Waals surface area (Å²) in [6.45, 7) is 5.35. The molecule has 1 aromatic heterocycles. The first-order chi connectivity index (χ1) is 18.6. The van der Waals surface area contributed by atoms with E-state index >= 15 is 0 Å². The zero-order chi connectivity index (χ0) is 26.9. The van der Waals surface area contributed by atoms with E-state index in [4.69, 9.17) is 9.47 Å². The number of H-pyrrole nitrogens is 1. The van der Waals surface area contributed by atoms with Gasteiger partial charge in [-0.05, 0) is 29.8 Å². The number of pyridine rings is 1. The Hall–Kier alpha value is -4.59. The standard InChI is InChI=1S/C21H19N3O3.C7H6O2.C2H6/c25-14-23(10-15-6-2-1-3-7-15)13-20(26)24-11-17-19(12-24)22-18-9-5-4-8-16(18)21(17)27;1-2-4-7-6(3-1)8-5-9-7;1-2/h1-9,14H,10-13H2,(H,22,27);1-4H,5H2;1-2H3. The smallest absolute Gasteiger partial charge is 0.242 e. The Morgan fingerprint density at radius 3 is 2.24 bits per heavy atom. The maximum atomic E-state index is 12.7. The molecule has 196 valence electrons. The van der Waals surface area contributed by atoms with Gasteiger partial charge in [-0.2, -0.15) is 0 Å². The minimum atomic E-state index is -0.175. The van der Waals surface area contributed by atoms with E-state index in [1.54, 1.807) is 11.0 Å². The fourth-order valence-electron chi connectivity index (χ4n) is 4.31. The van der Waals surface area contributed by atoms with Crippen molar-refractivity contribution in [2.75, 3.05) is 13.3 Å². The summed E-state index contributed by atoms with van der Waals surface area (Å²) >= 11 is 0. The van der Waals surface area contributed by atoms with E-state index in [9.17, 15) is 14.4 Å². The molecule has 3 aromatic carbocycles. The van der Waals surface area contributed by atoms with Crippen LogP contribution in [0.1, 0.15) is 30.7 Å². The van der Waals surface area contributed by atoms with Crippen LogP contribution in [0.5, 0.6) is 11.5 Å². The molecule has 2 amide bonds. The number of nitrogens with zero attached hydrogens (tertiary/aromatic N) is 2. The molecule has 6 rings (SSSR count). The first-order valence-corrected chi connectivity index (χ1v) is 12.6. The molecule has 0 saturated heterocycles. The molecule has 0 fully saturated rings. The van der Waals surface area contributed by atoms with Gasteiger partial charge in [0.1, 0.15) is 0 Å². The van der Waals surface area contributed by atoms with Gasteiger partial charge in [0.25, 0.3) is 0 Å². The highest BCUT2D eigenvalue weighted by Crippen LogP contribution is 2.30. The molecule has 4 aromatic rings. The van der Waals surface area contributed by atoms with Gasteiger partial charge in [0.15, 0.2) is 16.9 Å². The van der Waals surface area contributed by atoms with Gasteiger partial charge in [0.2, 0.25) is 19.1 Å². The number of rotatable bonds is 5. The maximum Gasteiger partial charge on any atom is 0.242 e. The Kier molecular flexibility index (Phi) is 8.77. The van der Waals surface area contributed by atoms with Crippen molar-refractivity contribution in [1.29, 1.82) is 0 Å². The van der Waals surface area contributed by atoms with Gasteiger partial charge in [-0.15, -0.1) is 0 Å². The second-order valence-electron chi connectivity index (χ2n) is 8.56. The molecule has 3 heterocycles. The van der Waals surface area contributed by atoms with E-state index in [0.717, 1.165) is 28.3 Å². The third kappa shape index (κ3) is 6.03. The summed E-state index contributed by atoms with van der Waals surface area (Å²) < 4.78 is 10.2. The van der Waals surface area contributed by atoms with Crippen LogP contribution in [0, 0.1) is 0 Å². The first-order valence-electron chi connectivity index (χ1n) is 12.6. The minimum Gasteiger partial charge on any atom is -0.454 e. The molecule has 0 bridgehead atoms. The Morgan fingerprint density at radius 1 is 0.921 bits per heavy atom. The second-order valence-corrected chi connectivity index (χ2v) is 8.56. The molecular formula is C30H31N3O5. The minimum absolute atomic E-state index is 0.0138. The summed E-state index contributed by atoms with van der Waals surface area (Å²) in [5, 5.41) is 0.629. The summed E-state index contributed by atoms with van der Waals surface area (Å²) in [4.78, 5) is 43.1. The zero-order valence-corrected chi connectivity index (χ0v) is 21.6. The van der Waals surface area contributed by atoms with Gasteiger partial charge >= 0.3 is 0 Å². The van der Waals surface area contributed by atoms with Crippen LogP contribution < -0.4 is 14.9 Å². The van der Waals surface area contributed by atoms with E-state index in [2.05, 4.69) is 4.98 Å². The largest absolute Gasteiger partial charge is 0.454 e. The van der Waals surface area contributed by atoms with Gasteiger partial charge < -0.3 is 24.3 Å². The summed E-state index contributed by atoms with van der Waals surface area (Å²) in [6, 6.07) is 24.5. The molecule has 0 saturated carbocycles. The molecular weight excluding hydrogens is 482 g/mol. The van der Waals surface area contributed by atoms with Gasteiger partial charge in [-0.1, -0.05) is 68.4 Å². The summed E-state index contributed by atoms with van der Waals surface area (Å²) in [5.74, 6) is 1.51. The Labute approximate surface area is 221 Å². The van der Waals surface area contributed by atoms with Crippen LogP contribution in [0.3, 0.4) is 0 Å². The van der Waals surface area contributed by atoms with Crippen LogP contribution in [0.4, 0.5) is 0 Å². The van der Waals surface area contributed by atoms with E-state index in [1.165, 1.54) is 4.90 Å². The first kappa shape index (κ1) is 26.5. The van der Waals surface area contributed by atoms with Crippen LogP contribution in [-0.4, -0.2) is 40.4 Å². The number of fused-ring (bicyclic) bond motifs is 3. The van der Waals surface area contributed by atoms with Crippen molar-refractivity contribution in [3.8, 4) is 11.5 Å². The van der Waals surface area contributed by atoms with Crippen molar-refractivity contribution in [3.63, 3.8) is 0 Å². The van der Waals surface area contributed by atoms with Crippen LogP contribution in [0.15, 0.2) is 83.7 Å². The lowest BCUT2D eigenvalue weighted by Crippen LogP contribution is -2.37. The fraction of sp³-hybridized carbons (Fsp3) is 0.233. The highest BCUT2D eigenvalue weighted by Gasteiger charge is 2.27. The van der Waals surface area contributed by atoms with Gasteiger partial charge in [0.05, 0.1) is 19.6 Å². The Bertz CT molecular complexity index is 1430. The van der Waals surface area contributed by atoms with E-state index in [-0.39, 0.29) is 24.4 Å². The van der Waals surface area contributed by atoms with E-state index in [0.29, 0.717) is 37.2 Å². The molecule has 2 aliphatic heterocycles. The highest BCUT2D eigenvalue weighted by atomic mass is 16.7. The molecule has 0 unspecified atom stereocenters. The Balaban J connectivity index is 0.000000254. The number of nitrogens with one attached hydrogen (secondary N) is 1. The highest BCUT2D eigenvalue weighted by molar-refractivity contribution is 5.82. The predicted octanol–water partition coefficient (Wildman–Crippen LogP) is 4.47. The number of amides is 2. The Morgan fingerprint density at radius 2 is 1.55 bits per heavy atom. The molecule has 8 heteroatoms.